The molecule has 1 aliphatic rings. The van der Waals surface area contributed by atoms with Crippen LogP contribution in [0.2, 0.25) is 5.02 Å². The topological polar surface area (TPSA) is 60.0 Å². The van der Waals surface area contributed by atoms with Gasteiger partial charge in [-0.05, 0) is 24.3 Å². The quantitative estimate of drug-likeness (QED) is 0.318. The number of carbonyl (C=O) groups excluding carboxylic acids is 1. The minimum Gasteiger partial charge on any atom is -0.356 e. The SMILES string of the molecule is CN=C(NCCSc1ccc(Cl)cc1)NCCN1CCN(C(C)=O)CC1. The van der Waals surface area contributed by atoms with E-state index in [1.807, 2.05) is 29.2 Å². The molecule has 2 N–H and O–H groups in total. The molecule has 0 unspecified atom stereocenters. The molecular weight excluding hydrogens is 370 g/mol. The van der Waals surface area contributed by atoms with Gasteiger partial charge in [-0.15, -0.1) is 11.8 Å². The molecule has 0 spiro atoms. The van der Waals surface area contributed by atoms with Gasteiger partial charge in [0.2, 0.25) is 5.91 Å². The Morgan fingerprint density at radius 2 is 1.81 bits per heavy atom. The van der Waals surface area contributed by atoms with Crippen molar-refractivity contribution in [2.75, 3.05) is 58.6 Å². The number of guanidine groups is 1. The van der Waals surface area contributed by atoms with Crippen LogP contribution in [-0.4, -0.2) is 80.3 Å². The predicted octanol–water partition coefficient (Wildman–Crippen LogP) is 1.76. The molecule has 1 fully saturated rings. The summed E-state index contributed by atoms with van der Waals surface area (Å²) in [6.07, 6.45) is 0. The zero-order valence-electron chi connectivity index (χ0n) is 15.5. The summed E-state index contributed by atoms with van der Waals surface area (Å²) in [5.74, 6) is 1.95. The number of amides is 1. The van der Waals surface area contributed by atoms with Gasteiger partial charge in [-0.25, -0.2) is 0 Å². The highest BCUT2D eigenvalue weighted by molar-refractivity contribution is 7.99. The van der Waals surface area contributed by atoms with Gasteiger partial charge in [0, 0.05) is 75.5 Å². The number of nitrogens with zero attached hydrogens (tertiary/aromatic N) is 3. The van der Waals surface area contributed by atoms with Crippen molar-refractivity contribution in [3.05, 3.63) is 29.3 Å². The van der Waals surface area contributed by atoms with Crippen LogP contribution in [0.4, 0.5) is 0 Å². The first kappa shape index (κ1) is 20.9. The number of thioether (sulfide) groups is 1. The smallest absolute Gasteiger partial charge is 0.219 e. The number of halogens is 1. The van der Waals surface area contributed by atoms with Crippen molar-refractivity contribution in [1.29, 1.82) is 0 Å². The first-order valence-corrected chi connectivity index (χ1v) is 10.3. The van der Waals surface area contributed by atoms with E-state index in [2.05, 4.69) is 20.5 Å². The van der Waals surface area contributed by atoms with E-state index in [0.29, 0.717) is 0 Å². The van der Waals surface area contributed by atoms with Crippen LogP contribution in [-0.2, 0) is 4.79 Å². The fourth-order valence-corrected chi connectivity index (χ4v) is 3.60. The Morgan fingerprint density at radius 3 is 2.42 bits per heavy atom. The fraction of sp³-hybridized carbons (Fsp3) is 0.556. The van der Waals surface area contributed by atoms with Crippen molar-refractivity contribution in [1.82, 2.24) is 20.4 Å². The molecular formula is C18H28ClN5OS. The molecule has 1 amide bonds. The Bertz CT molecular complexity index is 588. The highest BCUT2D eigenvalue weighted by Gasteiger charge is 2.17. The van der Waals surface area contributed by atoms with Crippen LogP contribution in [0.15, 0.2) is 34.2 Å². The number of aliphatic imine (C=N–C) groups is 1. The third-order valence-corrected chi connectivity index (χ3v) is 5.50. The van der Waals surface area contributed by atoms with Crippen molar-refractivity contribution in [2.45, 2.75) is 11.8 Å². The van der Waals surface area contributed by atoms with E-state index in [-0.39, 0.29) is 5.91 Å². The van der Waals surface area contributed by atoms with Gasteiger partial charge >= 0.3 is 0 Å². The average Bonchev–Trinajstić information content (AvgIpc) is 2.65. The maximum Gasteiger partial charge on any atom is 0.219 e. The third kappa shape index (κ3) is 7.43. The van der Waals surface area contributed by atoms with Crippen LogP contribution in [0.1, 0.15) is 6.92 Å². The molecule has 0 radical (unpaired) electrons. The second kappa shape index (κ2) is 11.3. The molecule has 1 heterocycles. The summed E-state index contributed by atoms with van der Waals surface area (Å²) in [6.45, 7) is 7.78. The first-order valence-electron chi connectivity index (χ1n) is 8.89. The minimum atomic E-state index is 0.170. The highest BCUT2D eigenvalue weighted by Crippen LogP contribution is 2.19. The number of hydrogen-bond acceptors (Lipinski definition) is 4. The maximum absolute atomic E-state index is 11.3. The van der Waals surface area contributed by atoms with E-state index in [0.717, 1.165) is 62.5 Å². The summed E-state index contributed by atoms with van der Waals surface area (Å²) < 4.78 is 0. The van der Waals surface area contributed by atoms with Gasteiger partial charge in [-0.2, -0.15) is 0 Å². The van der Waals surface area contributed by atoms with Crippen molar-refractivity contribution in [3.8, 4) is 0 Å². The van der Waals surface area contributed by atoms with Crippen LogP contribution in [0, 0.1) is 0 Å². The zero-order valence-corrected chi connectivity index (χ0v) is 17.1. The Kier molecular flexibility index (Phi) is 9.08. The van der Waals surface area contributed by atoms with Gasteiger partial charge in [0.1, 0.15) is 0 Å². The number of nitrogens with one attached hydrogen (secondary N) is 2. The lowest BCUT2D eigenvalue weighted by Crippen LogP contribution is -2.50. The van der Waals surface area contributed by atoms with E-state index >= 15 is 0 Å². The molecule has 6 nitrogen and oxygen atoms in total. The van der Waals surface area contributed by atoms with Gasteiger partial charge in [-0.3, -0.25) is 14.7 Å². The van der Waals surface area contributed by atoms with E-state index in [4.69, 9.17) is 11.6 Å². The maximum atomic E-state index is 11.3. The molecule has 26 heavy (non-hydrogen) atoms. The van der Waals surface area contributed by atoms with E-state index < -0.39 is 0 Å². The molecule has 8 heteroatoms. The van der Waals surface area contributed by atoms with Crippen molar-refractivity contribution in [3.63, 3.8) is 0 Å². The van der Waals surface area contributed by atoms with E-state index in [9.17, 15) is 4.79 Å². The van der Waals surface area contributed by atoms with Crippen LogP contribution < -0.4 is 10.6 Å². The number of rotatable bonds is 7. The largest absolute Gasteiger partial charge is 0.356 e. The summed E-state index contributed by atoms with van der Waals surface area (Å²) in [7, 11) is 1.79. The molecule has 1 aliphatic heterocycles. The monoisotopic (exact) mass is 397 g/mol. The molecule has 0 atom stereocenters. The Balaban J connectivity index is 1.56. The Hall–Kier alpha value is -1.44. The predicted molar refractivity (Wildman–Crippen MR) is 110 cm³/mol. The summed E-state index contributed by atoms with van der Waals surface area (Å²) >= 11 is 7.68. The third-order valence-electron chi connectivity index (χ3n) is 4.24. The second-order valence-electron chi connectivity index (χ2n) is 6.08. The number of hydrogen-bond donors (Lipinski definition) is 2. The average molecular weight is 398 g/mol. The van der Waals surface area contributed by atoms with Gasteiger partial charge < -0.3 is 15.5 Å². The molecule has 1 aromatic carbocycles. The van der Waals surface area contributed by atoms with Gasteiger partial charge in [0.15, 0.2) is 5.96 Å². The van der Waals surface area contributed by atoms with Gasteiger partial charge in [0.25, 0.3) is 0 Å². The van der Waals surface area contributed by atoms with Gasteiger partial charge in [-0.1, -0.05) is 11.6 Å². The lowest BCUT2D eigenvalue weighted by Gasteiger charge is -2.34. The van der Waals surface area contributed by atoms with Crippen LogP contribution in [0.5, 0.6) is 0 Å². The molecule has 0 aromatic heterocycles. The number of piperazine rings is 1. The summed E-state index contributed by atoms with van der Waals surface area (Å²) in [6, 6.07) is 7.89. The first-order chi connectivity index (χ1) is 12.6. The number of carbonyl (C=O) groups is 1. The standard InChI is InChI=1S/C18H28ClN5OS/c1-15(25)24-12-10-23(11-13-24)9-7-21-18(20-2)22-8-14-26-17-5-3-16(19)4-6-17/h3-6H,7-14H2,1-2H3,(H2,20,21,22). The second-order valence-corrected chi connectivity index (χ2v) is 7.68. The minimum absolute atomic E-state index is 0.170. The zero-order chi connectivity index (χ0) is 18.8. The lowest BCUT2D eigenvalue weighted by molar-refractivity contribution is -0.130. The molecule has 0 aliphatic carbocycles. The van der Waals surface area contributed by atoms with E-state index in [1.165, 1.54) is 4.90 Å². The molecule has 2 rings (SSSR count). The lowest BCUT2D eigenvalue weighted by atomic mass is 10.3. The fourth-order valence-electron chi connectivity index (χ4n) is 2.71. The molecule has 1 aromatic rings. The molecule has 0 bridgehead atoms. The van der Waals surface area contributed by atoms with Crippen LogP contribution in [0.3, 0.4) is 0 Å². The summed E-state index contributed by atoms with van der Waals surface area (Å²) in [4.78, 5) is 21.1. The van der Waals surface area contributed by atoms with Crippen molar-refractivity contribution >= 4 is 35.2 Å². The Labute approximate surface area is 165 Å². The summed E-state index contributed by atoms with van der Waals surface area (Å²) in [5, 5.41) is 7.44. The molecule has 144 valence electrons. The Morgan fingerprint density at radius 1 is 1.15 bits per heavy atom. The van der Waals surface area contributed by atoms with Crippen LogP contribution >= 0.6 is 23.4 Å². The van der Waals surface area contributed by atoms with Crippen molar-refractivity contribution < 1.29 is 4.79 Å². The van der Waals surface area contributed by atoms with E-state index in [1.54, 1.807) is 25.7 Å². The van der Waals surface area contributed by atoms with Gasteiger partial charge in [0.05, 0.1) is 0 Å². The number of benzene rings is 1. The normalized spacial score (nSPS) is 15.8. The van der Waals surface area contributed by atoms with Crippen LogP contribution in [0.25, 0.3) is 0 Å². The highest BCUT2D eigenvalue weighted by atomic mass is 35.5. The summed E-state index contributed by atoms with van der Waals surface area (Å²) in [5.41, 5.74) is 0. The molecule has 1 saturated heterocycles. The van der Waals surface area contributed by atoms with Crippen molar-refractivity contribution in [2.24, 2.45) is 4.99 Å². The molecule has 0 saturated carbocycles.